The molecule has 12 heterocycles. The topological polar surface area (TPSA) is 178 Å². The summed E-state index contributed by atoms with van der Waals surface area (Å²) in [5.74, 6) is 0.554. The molecule has 0 aromatic carbocycles. The summed E-state index contributed by atoms with van der Waals surface area (Å²) in [4.78, 5) is 46.9. The molecule has 6 bridgehead atoms. The first-order valence-electron chi connectivity index (χ1n) is 31.9. The highest BCUT2D eigenvalue weighted by Gasteiger charge is 2.76. The third-order valence-corrected chi connectivity index (χ3v) is 23.4. The lowest BCUT2D eigenvalue weighted by molar-refractivity contribution is -0.572. The summed E-state index contributed by atoms with van der Waals surface area (Å²) < 4.78 is 59.9. The first-order chi connectivity index (χ1) is 38.5. The molecular formula is C61H101N3O16. The van der Waals surface area contributed by atoms with Gasteiger partial charge in [-0.05, 0) is 146 Å². The molecule has 456 valence electrons. The van der Waals surface area contributed by atoms with Gasteiger partial charge in [-0.15, -0.1) is 0 Å². The van der Waals surface area contributed by atoms with E-state index in [-0.39, 0.29) is 54.5 Å². The fourth-order valence-electron chi connectivity index (χ4n) is 18.5. The lowest BCUT2D eigenvalue weighted by Crippen LogP contribution is -2.76. The van der Waals surface area contributed by atoms with Crippen molar-refractivity contribution in [2.24, 2.45) is 64.2 Å². The Morgan fingerprint density at radius 3 is 1.62 bits per heavy atom. The van der Waals surface area contributed by atoms with Gasteiger partial charge in [-0.25, -0.2) is 29.3 Å². The molecule has 19 heteroatoms. The average molecular weight is 1130 g/mol. The molecule has 19 nitrogen and oxygen atoms in total. The molecule has 15 rings (SSSR count). The van der Waals surface area contributed by atoms with Gasteiger partial charge in [-0.1, -0.05) is 41.0 Å². The summed E-state index contributed by atoms with van der Waals surface area (Å²) in [7, 11) is 0. The van der Waals surface area contributed by atoms with Gasteiger partial charge in [-0.3, -0.25) is 14.8 Å². The highest BCUT2D eigenvalue weighted by Crippen LogP contribution is 2.65. The Balaban J connectivity index is 0.635. The largest absolute Gasteiger partial charge is 0.395 e. The summed E-state index contributed by atoms with van der Waals surface area (Å²) >= 11 is 0. The predicted octanol–water partition coefficient (Wildman–Crippen LogP) is 8.13. The molecule has 0 amide bonds. The number of aliphatic hydroxyl groups is 1. The molecule has 3 spiro atoms. The second-order valence-electron chi connectivity index (χ2n) is 27.7. The molecular weight excluding hydrogens is 1030 g/mol. The standard InChI is InChI=1S/C61H101N3O16/c1-39-13-15-47-42(4)50(70-53-60(47)45(39)18-23-56(7,73-53)76-79-60)20-34-68-38-31-64(30-37-67-33-19-49-41(3)46-12-10-11-44-17-22-55(6)72-52(69-49)59(44,46)78-75-55)27-26-63(28-32-65)29-36-66-35-21-51-43(5)48-16-14-40(2)58(62-9)25-24-57(8)74-54(71-51)61(48,58)80-77-57/h39-54,65H,9-38H2,1-8H3/t39-,40-,41-,42-,43-,44-,45+,46+,47+,48+,49?,50?,51?,52-,53-,54-,55-,56-,57-,58-,59-,60-,61-/m1/s1. The molecule has 3 unspecified atom stereocenters. The zero-order chi connectivity index (χ0) is 55.7. The van der Waals surface area contributed by atoms with Gasteiger partial charge >= 0.3 is 0 Å². The van der Waals surface area contributed by atoms with Crippen molar-refractivity contribution in [3.05, 3.63) is 0 Å². The van der Waals surface area contributed by atoms with Gasteiger partial charge in [0.25, 0.3) is 0 Å². The molecule has 3 aliphatic carbocycles. The van der Waals surface area contributed by atoms with Crippen LogP contribution in [0.1, 0.15) is 158 Å². The minimum atomic E-state index is -0.896. The average Bonchev–Trinajstić information content (AvgIpc) is 4.02. The van der Waals surface area contributed by atoms with Crippen molar-refractivity contribution in [1.29, 1.82) is 0 Å². The Morgan fingerprint density at radius 2 is 1.00 bits per heavy atom. The summed E-state index contributed by atoms with van der Waals surface area (Å²) in [5, 5.41) is 10.3. The maximum absolute atomic E-state index is 10.3. The van der Waals surface area contributed by atoms with Gasteiger partial charge in [0, 0.05) is 96.1 Å². The monoisotopic (exact) mass is 1130 g/mol. The lowest BCUT2D eigenvalue weighted by atomic mass is 9.53. The van der Waals surface area contributed by atoms with Crippen LogP contribution in [0.15, 0.2) is 4.99 Å². The molecule has 15 fully saturated rings. The van der Waals surface area contributed by atoms with Crippen molar-refractivity contribution < 1.29 is 77.1 Å². The van der Waals surface area contributed by atoms with Crippen LogP contribution in [0.25, 0.3) is 0 Å². The predicted molar refractivity (Wildman–Crippen MR) is 291 cm³/mol. The Bertz CT molecular complexity index is 2120. The van der Waals surface area contributed by atoms with Crippen molar-refractivity contribution in [2.45, 2.75) is 235 Å². The number of aliphatic imine (C=N–C) groups is 1. The van der Waals surface area contributed by atoms with Crippen molar-refractivity contribution in [1.82, 2.24) is 9.80 Å². The molecule has 3 saturated carbocycles. The van der Waals surface area contributed by atoms with E-state index in [0.29, 0.717) is 88.7 Å². The Hall–Kier alpha value is -1.05. The summed E-state index contributed by atoms with van der Waals surface area (Å²) in [6, 6.07) is 0. The number of fused-ring (bicyclic) bond motifs is 6. The quantitative estimate of drug-likeness (QED) is 0.0556. The van der Waals surface area contributed by atoms with Crippen LogP contribution >= 0.6 is 0 Å². The van der Waals surface area contributed by atoms with Crippen LogP contribution in [0.3, 0.4) is 0 Å². The minimum Gasteiger partial charge on any atom is -0.395 e. The van der Waals surface area contributed by atoms with Gasteiger partial charge in [0.1, 0.15) is 5.54 Å². The van der Waals surface area contributed by atoms with Crippen LogP contribution in [-0.2, 0) is 72.0 Å². The SMILES string of the molecule is C=N[C@@]12CC[C@@]3(C)OO[C@]14[C@H](OC(CCOCCN(CCO)CCN(CCOCCC1O[C@@H]5O[C@@]6(C)CC[C@H]7[C@H](C)CC[C@@H]([C@H]1C)[C@@]57OO6)CCOCCC1O[C@@H]5O[C@@]6(C)CC[C@H]7CCC[C@@H]([C@H]1C)[C@]75OO6)[C@H](C)[C@@H]4CC[C@H]2C)O3. The van der Waals surface area contributed by atoms with Crippen LogP contribution in [0, 0.1) is 59.2 Å². The first-order valence-corrected chi connectivity index (χ1v) is 31.9. The number of rotatable bonds is 24. The van der Waals surface area contributed by atoms with E-state index in [0.717, 1.165) is 110 Å². The normalized spacial score (nSPS) is 49.9. The molecule has 0 radical (unpaired) electrons. The second kappa shape index (κ2) is 23.6. The number of nitrogens with zero attached hydrogens (tertiary/aromatic N) is 3. The Morgan fingerprint density at radius 1 is 0.487 bits per heavy atom. The van der Waals surface area contributed by atoms with E-state index in [2.05, 4.69) is 51.1 Å². The molecule has 0 aromatic rings. The number of ether oxygens (including phenoxy) is 9. The van der Waals surface area contributed by atoms with Gasteiger partial charge in [-0.2, -0.15) is 0 Å². The van der Waals surface area contributed by atoms with E-state index >= 15 is 0 Å². The van der Waals surface area contributed by atoms with Gasteiger partial charge < -0.3 is 47.7 Å². The zero-order valence-electron chi connectivity index (χ0n) is 49.9. The van der Waals surface area contributed by atoms with E-state index in [4.69, 9.17) is 76.9 Å². The van der Waals surface area contributed by atoms with Crippen molar-refractivity contribution in [3.63, 3.8) is 0 Å². The van der Waals surface area contributed by atoms with Crippen LogP contribution in [0.5, 0.6) is 0 Å². The fraction of sp³-hybridized carbons (Fsp3) is 0.984. The third kappa shape index (κ3) is 10.3. The van der Waals surface area contributed by atoms with Crippen LogP contribution in [0.4, 0.5) is 0 Å². The summed E-state index contributed by atoms with van der Waals surface area (Å²) in [6.07, 6.45) is 13.6. The minimum absolute atomic E-state index is 0.000256. The fourth-order valence-corrected chi connectivity index (χ4v) is 18.5. The molecule has 15 aliphatic rings. The molecule has 0 aromatic heterocycles. The summed E-state index contributed by atoms with van der Waals surface area (Å²) in [5.41, 5.74) is -2.47. The smallest absolute Gasteiger partial charge is 0.201 e. The third-order valence-electron chi connectivity index (χ3n) is 23.4. The van der Waals surface area contributed by atoms with E-state index in [9.17, 15) is 5.11 Å². The molecule has 12 saturated heterocycles. The van der Waals surface area contributed by atoms with Gasteiger partial charge in [0.15, 0.2) is 35.7 Å². The number of aliphatic hydroxyl groups excluding tert-OH is 1. The molecule has 23 atom stereocenters. The maximum Gasteiger partial charge on any atom is 0.201 e. The van der Waals surface area contributed by atoms with E-state index in [1.54, 1.807) is 0 Å². The van der Waals surface area contributed by atoms with Gasteiger partial charge in [0.2, 0.25) is 17.4 Å². The zero-order valence-corrected chi connectivity index (χ0v) is 49.9. The lowest BCUT2D eigenvalue weighted by Gasteiger charge is -2.63. The first kappa shape index (κ1) is 59.3. The number of hydrogen-bond donors (Lipinski definition) is 1. The van der Waals surface area contributed by atoms with Gasteiger partial charge in [0.05, 0.1) is 44.7 Å². The van der Waals surface area contributed by atoms with E-state index in [1.165, 1.54) is 12.8 Å². The van der Waals surface area contributed by atoms with Crippen molar-refractivity contribution in [2.75, 3.05) is 85.5 Å². The highest BCUT2D eigenvalue weighted by molar-refractivity contribution is 5.32. The Kier molecular flexibility index (Phi) is 17.5. The second-order valence-corrected chi connectivity index (χ2v) is 27.7. The van der Waals surface area contributed by atoms with Crippen LogP contribution in [0.2, 0.25) is 0 Å². The van der Waals surface area contributed by atoms with E-state index < -0.39 is 58.6 Å². The molecule has 12 aliphatic heterocycles. The van der Waals surface area contributed by atoms with E-state index in [1.807, 2.05) is 20.8 Å². The van der Waals surface area contributed by atoms with Crippen LogP contribution < -0.4 is 0 Å². The van der Waals surface area contributed by atoms with Crippen molar-refractivity contribution in [3.8, 4) is 0 Å². The van der Waals surface area contributed by atoms with Crippen LogP contribution in [-0.4, -0.2) is 184 Å². The maximum atomic E-state index is 10.3. The molecule has 80 heavy (non-hydrogen) atoms. The van der Waals surface area contributed by atoms with Crippen molar-refractivity contribution >= 4 is 6.72 Å². The summed E-state index contributed by atoms with van der Waals surface area (Å²) in [6.45, 7) is 29.4. The number of hydrogen-bond acceptors (Lipinski definition) is 19. The molecule has 1 N–H and O–H groups in total. The Labute approximate surface area is 476 Å². The highest BCUT2D eigenvalue weighted by atomic mass is 17.3.